The van der Waals surface area contributed by atoms with Crippen LogP contribution in [0.15, 0.2) is 45.9 Å². The van der Waals surface area contributed by atoms with Gasteiger partial charge in [-0.15, -0.1) is 0 Å². The van der Waals surface area contributed by atoms with Crippen LogP contribution in [0, 0.1) is 0 Å². The average Bonchev–Trinajstić information content (AvgIpc) is 2.99. The molecular weight excluding hydrogens is 288 g/mol. The predicted octanol–water partition coefficient (Wildman–Crippen LogP) is 1.82. The molecule has 0 atom stereocenters. The summed E-state index contributed by atoms with van der Waals surface area (Å²) >= 11 is 0. The van der Waals surface area contributed by atoms with Crippen LogP contribution in [0.3, 0.4) is 0 Å². The van der Waals surface area contributed by atoms with Crippen molar-refractivity contribution < 1.29 is 12.8 Å². The van der Waals surface area contributed by atoms with Gasteiger partial charge in [0.15, 0.2) is 0 Å². The first-order valence-electron chi connectivity index (χ1n) is 6.90. The third kappa shape index (κ3) is 3.93. The van der Waals surface area contributed by atoms with Gasteiger partial charge >= 0.3 is 0 Å². The number of furan rings is 1. The van der Waals surface area contributed by atoms with E-state index in [4.69, 9.17) is 10.2 Å². The molecule has 114 valence electrons. The monoisotopic (exact) mass is 308 g/mol. The minimum absolute atomic E-state index is 0.297. The number of sulfonamides is 1. The lowest BCUT2D eigenvalue weighted by Gasteiger charge is -2.11. The Morgan fingerprint density at radius 3 is 2.71 bits per heavy atom. The molecule has 2 rings (SSSR count). The molecular formula is C15H20N2O3S. The van der Waals surface area contributed by atoms with Crippen LogP contribution in [0.25, 0.3) is 0 Å². The summed E-state index contributed by atoms with van der Waals surface area (Å²) in [5, 5.41) is 0. The molecule has 0 saturated carbocycles. The van der Waals surface area contributed by atoms with Gasteiger partial charge in [0.1, 0.15) is 5.76 Å². The average molecular weight is 308 g/mol. The van der Waals surface area contributed by atoms with Gasteiger partial charge in [-0.25, -0.2) is 13.1 Å². The van der Waals surface area contributed by atoms with Crippen molar-refractivity contribution in [2.75, 3.05) is 6.54 Å². The third-order valence-electron chi connectivity index (χ3n) is 3.28. The summed E-state index contributed by atoms with van der Waals surface area (Å²) < 4.78 is 32.6. The number of hydrogen-bond acceptors (Lipinski definition) is 4. The van der Waals surface area contributed by atoms with E-state index in [2.05, 4.69) is 4.72 Å². The molecule has 0 amide bonds. The smallest absolute Gasteiger partial charge is 0.240 e. The molecule has 0 unspecified atom stereocenters. The van der Waals surface area contributed by atoms with E-state index in [-0.39, 0.29) is 0 Å². The first-order valence-corrected chi connectivity index (χ1v) is 8.39. The summed E-state index contributed by atoms with van der Waals surface area (Å²) in [6.07, 6.45) is 2.74. The Kier molecular flexibility index (Phi) is 5.17. The van der Waals surface area contributed by atoms with Gasteiger partial charge in [-0.2, -0.15) is 0 Å². The zero-order valence-electron chi connectivity index (χ0n) is 12.0. The first kappa shape index (κ1) is 15.8. The number of nitrogens with two attached hydrogens (primary N) is 1. The lowest BCUT2D eigenvalue weighted by Crippen LogP contribution is -2.27. The van der Waals surface area contributed by atoms with Gasteiger partial charge in [0, 0.05) is 19.5 Å². The van der Waals surface area contributed by atoms with E-state index in [1.807, 2.05) is 25.1 Å². The summed E-state index contributed by atoms with van der Waals surface area (Å²) in [5.74, 6) is 0.754. The highest BCUT2D eigenvalue weighted by molar-refractivity contribution is 7.89. The Morgan fingerprint density at radius 1 is 1.29 bits per heavy atom. The topological polar surface area (TPSA) is 85.3 Å². The van der Waals surface area contributed by atoms with E-state index >= 15 is 0 Å². The highest BCUT2D eigenvalue weighted by atomic mass is 32.2. The van der Waals surface area contributed by atoms with Crippen LogP contribution in [-0.4, -0.2) is 15.0 Å². The van der Waals surface area contributed by atoms with Gasteiger partial charge in [0.2, 0.25) is 10.0 Å². The standard InChI is InChI=1S/C15H20N2O3S/c1-2-13-6-5-12(11-16)10-15(13)21(18,19)17-8-7-14-4-3-9-20-14/h3-6,9-10,17H,2,7-8,11,16H2,1H3. The number of benzene rings is 1. The molecule has 6 heteroatoms. The number of aryl methyl sites for hydroxylation is 1. The molecule has 0 saturated heterocycles. The van der Waals surface area contributed by atoms with Gasteiger partial charge in [-0.05, 0) is 35.7 Å². The van der Waals surface area contributed by atoms with Crippen LogP contribution in [0.5, 0.6) is 0 Å². The summed E-state index contributed by atoms with van der Waals surface area (Å²) in [6.45, 7) is 2.55. The molecule has 2 aromatic rings. The van der Waals surface area contributed by atoms with Gasteiger partial charge < -0.3 is 10.2 Å². The van der Waals surface area contributed by atoms with Crippen molar-refractivity contribution in [3.63, 3.8) is 0 Å². The van der Waals surface area contributed by atoms with Crippen molar-refractivity contribution in [2.45, 2.75) is 31.2 Å². The Bertz CT molecular complexity index is 679. The van der Waals surface area contributed by atoms with Gasteiger partial charge in [-0.3, -0.25) is 0 Å². The molecule has 1 heterocycles. The fourth-order valence-corrected chi connectivity index (χ4v) is 3.50. The fraction of sp³-hybridized carbons (Fsp3) is 0.333. The molecule has 0 spiro atoms. The Hall–Kier alpha value is -1.63. The van der Waals surface area contributed by atoms with Crippen molar-refractivity contribution >= 4 is 10.0 Å². The zero-order chi connectivity index (χ0) is 15.3. The summed E-state index contributed by atoms with van der Waals surface area (Å²) in [5.41, 5.74) is 7.18. The van der Waals surface area contributed by atoms with E-state index in [0.717, 1.165) is 16.9 Å². The van der Waals surface area contributed by atoms with Crippen LogP contribution in [0.4, 0.5) is 0 Å². The van der Waals surface area contributed by atoms with E-state index < -0.39 is 10.0 Å². The molecule has 0 aliphatic carbocycles. The minimum Gasteiger partial charge on any atom is -0.469 e. The van der Waals surface area contributed by atoms with Crippen molar-refractivity contribution in [3.05, 3.63) is 53.5 Å². The van der Waals surface area contributed by atoms with Crippen LogP contribution in [0.2, 0.25) is 0 Å². The van der Waals surface area contributed by atoms with Gasteiger partial charge in [0.05, 0.1) is 11.2 Å². The minimum atomic E-state index is -3.54. The van der Waals surface area contributed by atoms with Crippen LogP contribution < -0.4 is 10.5 Å². The largest absolute Gasteiger partial charge is 0.469 e. The maximum Gasteiger partial charge on any atom is 0.240 e. The van der Waals surface area contributed by atoms with Crippen molar-refractivity contribution in [3.8, 4) is 0 Å². The first-order chi connectivity index (χ1) is 10.1. The SMILES string of the molecule is CCc1ccc(CN)cc1S(=O)(=O)NCCc1ccco1. The third-order valence-corrected chi connectivity index (χ3v) is 4.82. The lowest BCUT2D eigenvalue weighted by molar-refractivity contribution is 0.506. The highest BCUT2D eigenvalue weighted by Gasteiger charge is 2.18. The van der Waals surface area contributed by atoms with E-state index in [0.29, 0.717) is 30.8 Å². The second kappa shape index (κ2) is 6.89. The quantitative estimate of drug-likeness (QED) is 0.817. The Labute approximate surface area is 125 Å². The second-order valence-corrected chi connectivity index (χ2v) is 6.46. The van der Waals surface area contributed by atoms with Crippen molar-refractivity contribution in [1.82, 2.24) is 4.72 Å². The second-order valence-electron chi connectivity index (χ2n) is 4.73. The summed E-state index contributed by atoms with van der Waals surface area (Å²) in [6, 6.07) is 8.93. The van der Waals surface area contributed by atoms with Crippen molar-refractivity contribution in [1.29, 1.82) is 0 Å². The fourth-order valence-electron chi connectivity index (χ4n) is 2.11. The Morgan fingerprint density at radius 2 is 2.10 bits per heavy atom. The van der Waals surface area contributed by atoms with Crippen LogP contribution in [0.1, 0.15) is 23.8 Å². The number of rotatable bonds is 7. The normalized spacial score (nSPS) is 11.7. The molecule has 21 heavy (non-hydrogen) atoms. The molecule has 0 bridgehead atoms. The highest BCUT2D eigenvalue weighted by Crippen LogP contribution is 2.18. The molecule has 0 fully saturated rings. The van der Waals surface area contributed by atoms with Crippen LogP contribution >= 0.6 is 0 Å². The molecule has 1 aromatic carbocycles. The molecule has 0 aliphatic rings. The molecule has 0 radical (unpaired) electrons. The molecule has 1 aromatic heterocycles. The zero-order valence-corrected chi connectivity index (χ0v) is 12.8. The van der Waals surface area contributed by atoms with Gasteiger partial charge in [-0.1, -0.05) is 19.1 Å². The summed E-state index contributed by atoms with van der Waals surface area (Å²) in [7, 11) is -3.54. The van der Waals surface area contributed by atoms with Crippen molar-refractivity contribution in [2.24, 2.45) is 5.73 Å². The van der Waals surface area contributed by atoms with E-state index in [1.165, 1.54) is 0 Å². The summed E-state index contributed by atoms with van der Waals surface area (Å²) in [4.78, 5) is 0.312. The van der Waals surface area contributed by atoms with E-state index in [1.54, 1.807) is 18.4 Å². The maximum atomic E-state index is 12.4. The predicted molar refractivity (Wildman–Crippen MR) is 81.3 cm³/mol. The molecule has 0 aliphatic heterocycles. The number of hydrogen-bond donors (Lipinski definition) is 2. The number of nitrogens with one attached hydrogen (secondary N) is 1. The lowest BCUT2D eigenvalue weighted by atomic mass is 10.1. The maximum absolute atomic E-state index is 12.4. The molecule has 3 N–H and O–H groups in total. The van der Waals surface area contributed by atoms with E-state index in [9.17, 15) is 8.42 Å². The Balaban J connectivity index is 2.14. The van der Waals surface area contributed by atoms with Gasteiger partial charge in [0.25, 0.3) is 0 Å². The molecule has 5 nitrogen and oxygen atoms in total. The van der Waals surface area contributed by atoms with Crippen LogP contribution in [-0.2, 0) is 29.4 Å².